The molecule has 25 heavy (non-hydrogen) atoms. The van der Waals surface area contributed by atoms with Crippen LogP contribution in [0.1, 0.15) is 24.2 Å². The first-order chi connectivity index (χ1) is 11.9. The molecule has 2 rings (SSSR count). The number of hydrogen-bond acceptors (Lipinski definition) is 5. The minimum Gasteiger partial charge on any atom is -0.450 e. The number of aromatic nitrogens is 1. The van der Waals surface area contributed by atoms with Crippen LogP contribution in [-0.4, -0.2) is 16.6 Å². The number of rotatable bonds is 5. The largest absolute Gasteiger partial charge is 0.450 e. The summed E-state index contributed by atoms with van der Waals surface area (Å²) in [6.45, 7) is 3.31. The predicted octanol–water partition coefficient (Wildman–Crippen LogP) is 2.80. The average Bonchev–Trinajstić information content (AvgIpc) is 2.62. The molecule has 0 saturated heterocycles. The Hall–Kier alpha value is -2.66. The van der Waals surface area contributed by atoms with E-state index in [4.69, 9.17) is 4.74 Å². The second kappa shape index (κ2) is 8.44. The molecular formula is C17H19N2O5P. The smallest absolute Gasteiger partial charge is 0.412 e. The zero-order chi connectivity index (χ0) is 18.4. The summed E-state index contributed by atoms with van der Waals surface area (Å²) < 4.78 is 10.9. The van der Waals surface area contributed by atoms with Crippen molar-refractivity contribution < 1.29 is 18.8 Å². The van der Waals surface area contributed by atoms with E-state index in [1.807, 2.05) is 39.8 Å². The SMILES string of the molecule is Cc1ccc(NC(=O)OCc2ccccc2)c(=O)n1C(C)C(=O)OP. The van der Waals surface area contributed by atoms with Crippen LogP contribution >= 0.6 is 9.47 Å². The normalized spacial score (nSPS) is 11.5. The maximum atomic E-state index is 12.5. The van der Waals surface area contributed by atoms with Gasteiger partial charge in [-0.2, -0.15) is 0 Å². The van der Waals surface area contributed by atoms with Crippen LogP contribution in [0.2, 0.25) is 0 Å². The van der Waals surface area contributed by atoms with Crippen molar-refractivity contribution >= 4 is 27.2 Å². The van der Waals surface area contributed by atoms with Gasteiger partial charge in [0, 0.05) is 5.69 Å². The number of nitrogens with one attached hydrogen (secondary N) is 1. The number of carbonyl (C=O) groups excluding carboxylic acids is 2. The van der Waals surface area contributed by atoms with E-state index < -0.39 is 23.7 Å². The van der Waals surface area contributed by atoms with Gasteiger partial charge in [0.1, 0.15) is 18.3 Å². The highest BCUT2D eigenvalue weighted by atomic mass is 31.0. The Morgan fingerprint density at radius 2 is 1.88 bits per heavy atom. The van der Waals surface area contributed by atoms with Crippen LogP contribution in [-0.2, 0) is 20.7 Å². The van der Waals surface area contributed by atoms with E-state index in [1.165, 1.54) is 17.6 Å². The van der Waals surface area contributed by atoms with Crippen LogP contribution in [0.15, 0.2) is 47.3 Å². The summed E-state index contributed by atoms with van der Waals surface area (Å²) in [5.74, 6) is -0.584. The molecule has 0 aliphatic carbocycles. The summed E-state index contributed by atoms with van der Waals surface area (Å²) in [5.41, 5.74) is 0.901. The number of anilines is 1. The van der Waals surface area contributed by atoms with Crippen molar-refractivity contribution in [2.75, 3.05) is 5.32 Å². The number of carbonyl (C=O) groups is 2. The molecule has 1 N–H and O–H groups in total. The van der Waals surface area contributed by atoms with Crippen LogP contribution in [0.4, 0.5) is 10.5 Å². The first kappa shape index (κ1) is 18.7. The molecule has 8 heteroatoms. The monoisotopic (exact) mass is 362 g/mol. The topological polar surface area (TPSA) is 86.6 Å². The van der Waals surface area contributed by atoms with E-state index in [1.54, 1.807) is 13.0 Å². The molecule has 1 amide bonds. The quantitative estimate of drug-likeness (QED) is 0.827. The third-order valence-corrected chi connectivity index (χ3v) is 3.85. The molecule has 0 saturated carbocycles. The van der Waals surface area contributed by atoms with Crippen LogP contribution < -0.4 is 10.9 Å². The highest BCUT2D eigenvalue weighted by molar-refractivity contribution is 7.10. The molecule has 132 valence electrons. The molecule has 0 aliphatic heterocycles. The van der Waals surface area contributed by atoms with E-state index >= 15 is 0 Å². The van der Waals surface area contributed by atoms with Gasteiger partial charge in [-0.1, -0.05) is 30.3 Å². The van der Waals surface area contributed by atoms with E-state index in [9.17, 15) is 14.4 Å². The van der Waals surface area contributed by atoms with Gasteiger partial charge in [0.15, 0.2) is 0 Å². The lowest BCUT2D eigenvalue weighted by Gasteiger charge is -2.17. The number of amides is 1. The molecule has 0 bridgehead atoms. The lowest BCUT2D eigenvalue weighted by atomic mass is 10.2. The fourth-order valence-corrected chi connectivity index (χ4v) is 2.49. The standard InChI is InChI=1S/C17H19N2O5P/c1-11-8-9-14(15(20)19(11)12(2)16(21)24-25)18-17(22)23-10-13-6-4-3-5-7-13/h3-9,12H,10,25H2,1-2H3,(H,18,22). The number of aryl methyl sites for hydroxylation is 1. The number of ether oxygens (including phenoxy) is 1. The Balaban J connectivity index is 2.13. The minimum atomic E-state index is -0.827. The molecular weight excluding hydrogens is 343 g/mol. The molecule has 2 unspecified atom stereocenters. The Labute approximate surface area is 147 Å². The van der Waals surface area contributed by atoms with Gasteiger partial charge in [-0.3, -0.25) is 14.7 Å². The molecule has 0 spiro atoms. The van der Waals surface area contributed by atoms with E-state index in [2.05, 4.69) is 9.84 Å². The van der Waals surface area contributed by atoms with E-state index in [-0.39, 0.29) is 12.3 Å². The molecule has 1 aromatic carbocycles. The van der Waals surface area contributed by atoms with Crippen molar-refractivity contribution in [3.05, 3.63) is 64.1 Å². The van der Waals surface area contributed by atoms with Gasteiger partial charge in [-0.15, -0.1) is 0 Å². The fraction of sp³-hybridized carbons (Fsp3) is 0.235. The fourth-order valence-electron chi connectivity index (χ4n) is 2.29. The molecule has 1 heterocycles. The maximum Gasteiger partial charge on any atom is 0.412 e. The molecule has 2 aromatic rings. The van der Waals surface area contributed by atoms with Crippen molar-refractivity contribution in [2.24, 2.45) is 0 Å². The first-order valence-electron chi connectivity index (χ1n) is 7.54. The van der Waals surface area contributed by atoms with Gasteiger partial charge in [0.05, 0.1) is 9.47 Å². The highest BCUT2D eigenvalue weighted by Gasteiger charge is 2.20. The predicted molar refractivity (Wildman–Crippen MR) is 96.2 cm³/mol. The molecule has 1 aromatic heterocycles. The number of pyridine rings is 1. The summed E-state index contributed by atoms with van der Waals surface area (Å²) in [6.07, 6.45) is -0.752. The Morgan fingerprint density at radius 1 is 1.20 bits per heavy atom. The summed E-state index contributed by atoms with van der Waals surface area (Å²) in [7, 11) is 1.86. The van der Waals surface area contributed by atoms with Gasteiger partial charge in [0.25, 0.3) is 5.56 Å². The summed E-state index contributed by atoms with van der Waals surface area (Å²) in [6, 6.07) is 11.4. The van der Waals surface area contributed by atoms with Gasteiger partial charge in [-0.25, -0.2) is 9.59 Å². The summed E-state index contributed by atoms with van der Waals surface area (Å²) >= 11 is 0. The van der Waals surface area contributed by atoms with Crippen molar-refractivity contribution in [1.82, 2.24) is 4.57 Å². The van der Waals surface area contributed by atoms with Gasteiger partial charge in [-0.05, 0) is 31.5 Å². The van der Waals surface area contributed by atoms with E-state index in [0.717, 1.165) is 5.56 Å². The minimum absolute atomic E-state index is 0.0204. The highest BCUT2D eigenvalue weighted by Crippen LogP contribution is 2.13. The Morgan fingerprint density at radius 3 is 2.52 bits per heavy atom. The van der Waals surface area contributed by atoms with Crippen LogP contribution in [0.3, 0.4) is 0 Å². The maximum absolute atomic E-state index is 12.5. The van der Waals surface area contributed by atoms with Crippen molar-refractivity contribution in [3.8, 4) is 0 Å². The Kier molecular flexibility index (Phi) is 6.31. The zero-order valence-corrected chi connectivity index (χ0v) is 15.0. The average molecular weight is 362 g/mol. The molecule has 7 nitrogen and oxygen atoms in total. The number of benzene rings is 1. The van der Waals surface area contributed by atoms with Gasteiger partial charge >= 0.3 is 12.1 Å². The second-order valence-electron chi connectivity index (χ2n) is 5.36. The van der Waals surface area contributed by atoms with Crippen molar-refractivity contribution in [1.29, 1.82) is 0 Å². The third kappa shape index (κ3) is 4.67. The van der Waals surface area contributed by atoms with Crippen LogP contribution in [0, 0.1) is 6.92 Å². The molecule has 0 aliphatic rings. The second-order valence-corrected chi connectivity index (χ2v) is 5.60. The van der Waals surface area contributed by atoms with Crippen molar-refractivity contribution in [2.45, 2.75) is 26.5 Å². The summed E-state index contributed by atoms with van der Waals surface area (Å²) in [4.78, 5) is 36.2. The molecule has 2 atom stereocenters. The zero-order valence-electron chi connectivity index (χ0n) is 13.9. The van der Waals surface area contributed by atoms with Crippen LogP contribution in [0.5, 0.6) is 0 Å². The molecule has 0 radical (unpaired) electrons. The lowest BCUT2D eigenvalue weighted by molar-refractivity contribution is -0.136. The number of nitrogens with zero attached hydrogens (tertiary/aromatic N) is 1. The van der Waals surface area contributed by atoms with Gasteiger partial charge < -0.3 is 9.26 Å². The third-order valence-electron chi connectivity index (χ3n) is 3.61. The lowest BCUT2D eigenvalue weighted by Crippen LogP contribution is -2.32. The number of hydrogen-bond donors (Lipinski definition) is 1. The first-order valence-corrected chi connectivity index (χ1v) is 8.01. The van der Waals surface area contributed by atoms with Gasteiger partial charge in [0.2, 0.25) is 0 Å². The Bertz CT molecular complexity index is 820. The molecule has 0 fully saturated rings. The van der Waals surface area contributed by atoms with Crippen molar-refractivity contribution in [3.63, 3.8) is 0 Å². The summed E-state index contributed by atoms with van der Waals surface area (Å²) in [5, 5.41) is 2.41. The van der Waals surface area contributed by atoms with E-state index in [0.29, 0.717) is 5.69 Å². The van der Waals surface area contributed by atoms with Crippen LogP contribution in [0.25, 0.3) is 0 Å².